The molecule has 0 aromatic heterocycles. The molecule has 1 atom stereocenters. The predicted molar refractivity (Wildman–Crippen MR) is 120 cm³/mol. The summed E-state index contributed by atoms with van der Waals surface area (Å²) in [4.78, 5) is 15.0. The standard InChI is InChI=1S/C25H28N2O3/c1-2-24(30-23-12-9-20-5-3-4-6-21(20)17-23)25(28)26-18-19-7-10-22(11-8-19)27-13-15-29-16-14-27/h3-12,17,24H,2,13-16,18H2,1H3,(H,26,28)/t24-/m1/s1. The van der Waals surface area contributed by atoms with Crippen molar-refractivity contribution in [1.29, 1.82) is 0 Å². The lowest BCUT2D eigenvalue weighted by Crippen LogP contribution is -2.37. The van der Waals surface area contributed by atoms with E-state index < -0.39 is 6.10 Å². The second kappa shape index (κ2) is 9.63. The molecule has 0 spiro atoms. The summed E-state index contributed by atoms with van der Waals surface area (Å²) in [5.41, 5.74) is 2.26. The molecule has 1 fully saturated rings. The first kappa shape index (κ1) is 20.2. The second-order valence-corrected chi connectivity index (χ2v) is 7.51. The third-order valence-electron chi connectivity index (χ3n) is 5.44. The zero-order valence-corrected chi connectivity index (χ0v) is 17.3. The van der Waals surface area contributed by atoms with Crippen molar-refractivity contribution < 1.29 is 14.3 Å². The molecule has 1 heterocycles. The molecule has 0 aliphatic carbocycles. The topological polar surface area (TPSA) is 50.8 Å². The van der Waals surface area contributed by atoms with Crippen molar-refractivity contribution in [3.05, 3.63) is 72.3 Å². The van der Waals surface area contributed by atoms with Gasteiger partial charge in [0.1, 0.15) is 5.75 Å². The Morgan fingerprint density at radius 3 is 2.50 bits per heavy atom. The predicted octanol–water partition coefficient (Wildman–Crippen LogP) is 4.15. The Bertz CT molecular complexity index is 981. The summed E-state index contributed by atoms with van der Waals surface area (Å²) in [6.45, 7) is 5.82. The van der Waals surface area contributed by atoms with Gasteiger partial charge in [-0.3, -0.25) is 4.79 Å². The van der Waals surface area contributed by atoms with E-state index >= 15 is 0 Å². The van der Waals surface area contributed by atoms with E-state index in [-0.39, 0.29) is 5.91 Å². The van der Waals surface area contributed by atoms with Crippen LogP contribution in [-0.4, -0.2) is 38.3 Å². The van der Waals surface area contributed by atoms with Gasteiger partial charge in [0.15, 0.2) is 6.10 Å². The number of nitrogens with one attached hydrogen (secondary N) is 1. The summed E-state index contributed by atoms with van der Waals surface area (Å²) in [7, 11) is 0. The Balaban J connectivity index is 1.33. The molecule has 1 saturated heterocycles. The van der Waals surface area contributed by atoms with E-state index in [4.69, 9.17) is 9.47 Å². The molecule has 156 valence electrons. The summed E-state index contributed by atoms with van der Waals surface area (Å²) < 4.78 is 11.4. The summed E-state index contributed by atoms with van der Waals surface area (Å²) in [6, 6.07) is 22.4. The minimum Gasteiger partial charge on any atom is -0.481 e. The second-order valence-electron chi connectivity index (χ2n) is 7.51. The molecule has 3 aromatic carbocycles. The molecule has 5 heteroatoms. The average molecular weight is 405 g/mol. The van der Waals surface area contributed by atoms with E-state index in [1.807, 2.05) is 43.3 Å². The number of benzene rings is 3. The van der Waals surface area contributed by atoms with Crippen LogP contribution in [0.1, 0.15) is 18.9 Å². The average Bonchev–Trinajstić information content (AvgIpc) is 2.82. The molecule has 5 nitrogen and oxygen atoms in total. The number of hydrogen-bond acceptors (Lipinski definition) is 4. The number of nitrogens with zero attached hydrogens (tertiary/aromatic N) is 1. The van der Waals surface area contributed by atoms with Crippen LogP contribution in [-0.2, 0) is 16.1 Å². The Kier molecular flexibility index (Phi) is 6.50. The number of morpholine rings is 1. The first-order chi connectivity index (χ1) is 14.7. The Hall–Kier alpha value is -3.05. The molecule has 1 aliphatic heterocycles. The van der Waals surface area contributed by atoms with Crippen molar-refractivity contribution in [2.24, 2.45) is 0 Å². The number of amides is 1. The van der Waals surface area contributed by atoms with E-state index in [0.717, 1.165) is 42.6 Å². The van der Waals surface area contributed by atoms with Crippen LogP contribution in [0.25, 0.3) is 10.8 Å². The molecule has 0 radical (unpaired) electrons. The summed E-state index contributed by atoms with van der Waals surface area (Å²) in [6.07, 6.45) is 0.0908. The Morgan fingerprint density at radius 1 is 1.03 bits per heavy atom. The van der Waals surface area contributed by atoms with Crippen molar-refractivity contribution in [1.82, 2.24) is 5.32 Å². The van der Waals surface area contributed by atoms with Crippen LogP contribution in [0.3, 0.4) is 0 Å². The Morgan fingerprint density at radius 2 is 1.77 bits per heavy atom. The third-order valence-corrected chi connectivity index (χ3v) is 5.44. The van der Waals surface area contributed by atoms with Crippen molar-refractivity contribution >= 4 is 22.4 Å². The SMILES string of the molecule is CC[C@@H](Oc1ccc2ccccc2c1)C(=O)NCc1ccc(N2CCOCC2)cc1. The molecule has 1 amide bonds. The zero-order valence-electron chi connectivity index (χ0n) is 17.3. The lowest BCUT2D eigenvalue weighted by atomic mass is 10.1. The lowest BCUT2D eigenvalue weighted by Gasteiger charge is -2.29. The number of carbonyl (C=O) groups is 1. The zero-order chi connectivity index (χ0) is 20.8. The molecule has 30 heavy (non-hydrogen) atoms. The van der Waals surface area contributed by atoms with Gasteiger partial charge in [0.05, 0.1) is 13.2 Å². The number of hydrogen-bond donors (Lipinski definition) is 1. The molecule has 3 aromatic rings. The van der Waals surface area contributed by atoms with Gasteiger partial charge in [0.25, 0.3) is 5.91 Å². The summed E-state index contributed by atoms with van der Waals surface area (Å²) in [5.74, 6) is 0.619. The highest BCUT2D eigenvalue weighted by Crippen LogP contribution is 2.22. The van der Waals surface area contributed by atoms with E-state index in [2.05, 4.69) is 40.5 Å². The van der Waals surface area contributed by atoms with E-state index in [9.17, 15) is 4.79 Å². The number of anilines is 1. The fourth-order valence-corrected chi connectivity index (χ4v) is 3.68. The fourth-order valence-electron chi connectivity index (χ4n) is 3.68. The van der Waals surface area contributed by atoms with Gasteiger partial charge in [0, 0.05) is 25.3 Å². The Labute approximate surface area is 177 Å². The molecular formula is C25H28N2O3. The van der Waals surface area contributed by atoms with Crippen LogP contribution in [0.5, 0.6) is 5.75 Å². The van der Waals surface area contributed by atoms with Gasteiger partial charge in [-0.2, -0.15) is 0 Å². The van der Waals surface area contributed by atoms with Gasteiger partial charge in [0.2, 0.25) is 0 Å². The third kappa shape index (κ3) is 4.92. The summed E-state index contributed by atoms with van der Waals surface area (Å²) in [5, 5.41) is 5.27. The van der Waals surface area contributed by atoms with E-state index in [1.165, 1.54) is 5.69 Å². The van der Waals surface area contributed by atoms with E-state index in [0.29, 0.717) is 18.7 Å². The maximum Gasteiger partial charge on any atom is 0.261 e. The molecule has 0 unspecified atom stereocenters. The van der Waals surface area contributed by atoms with Gasteiger partial charge in [-0.25, -0.2) is 0 Å². The molecule has 1 N–H and O–H groups in total. The normalized spacial score (nSPS) is 15.0. The van der Waals surface area contributed by atoms with Gasteiger partial charge < -0.3 is 19.7 Å². The number of carbonyl (C=O) groups excluding carboxylic acids is 1. The highest BCUT2D eigenvalue weighted by atomic mass is 16.5. The molecular weight excluding hydrogens is 376 g/mol. The van der Waals surface area contributed by atoms with Gasteiger partial charge >= 0.3 is 0 Å². The largest absolute Gasteiger partial charge is 0.481 e. The minimum atomic E-state index is -0.515. The number of ether oxygens (including phenoxy) is 2. The first-order valence-corrected chi connectivity index (χ1v) is 10.6. The molecule has 4 rings (SSSR count). The highest BCUT2D eigenvalue weighted by Gasteiger charge is 2.18. The highest BCUT2D eigenvalue weighted by molar-refractivity contribution is 5.84. The first-order valence-electron chi connectivity index (χ1n) is 10.6. The van der Waals surface area contributed by atoms with Crippen LogP contribution in [0, 0.1) is 0 Å². The van der Waals surface area contributed by atoms with Crippen molar-refractivity contribution in [2.45, 2.75) is 26.0 Å². The molecule has 0 bridgehead atoms. The smallest absolute Gasteiger partial charge is 0.261 e. The quantitative estimate of drug-likeness (QED) is 0.643. The van der Waals surface area contributed by atoms with Crippen LogP contribution in [0.2, 0.25) is 0 Å². The lowest BCUT2D eigenvalue weighted by molar-refractivity contribution is -0.128. The molecule has 1 aliphatic rings. The van der Waals surface area contributed by atoms with Crippen LogP contribution >= 0.6 is 0 Å². The number of fused-ring (bicyclic) bond motifs is 1. The van der Waals surface area contributed by atoms with Crippen molar-refractivity contribution in [3.8, 4) is 5.75 Å². The van der Waals surface area contributed by atoms with Gasteiger partial charge in [-0.1, -0.05) is 49.4 Å². The van der Waals surface area contributed by atoms with Gasteiger partial charge in [-0.05, 0) is 47.0 Å². The maximum absolute atomic E-state index is 12.7. The van der Waals surface area contributed by atoms with Crippen LogP contribution in [0.4, 0.5) is 5.69 Å². The van der Waals surface area contributed by atoms with E-state index in [1.54, 1.807) is 0 Å². The van der Waals surface area contributed by atoms with Crippen LogP contribution < -0.4 is 15.0 Å². The maximum atomic E-state index is 12.7. The summed E-state index contributed by atoms with van der Waals surface area (Å²) >= 11 is 0. The van der Waals surface area contributed by atoms with Gasteiger partial charge in [-0.15, -0.1) is 0 Å². The fraction of sp³-hybridized carbons (Fsp3) is 0.320. The van der Waals surface area contributed by atoms with Crippen LogP contribution in [0.15, 0.2) is 66.7 Å². The monoisotopic (exact) mass is 404 g/mol. The van der Waals surface area contributed by atoms with Crippen molar-refractivity contribution in [2.75, 3.05) is 31.2 Å². The minimum absolute atomic E-state index is 0.0945. The van der Waals surface area contributed by atoms with Crippen molar-refractivity contribution in [3.63, 3.8) is 0 Å². The number of rotatable bonds is 7. The molecule has 0 saturated carbocycles.